The summed E-state index contributed by atoms with van der Waals surface area (Å²) in [7, 11) is 0. The van der Waals surface area contributed by atoms with E-state index in [1.807, 2.05) is 18.2 Å². The van der Waals surface area contributed by atoms with Gasteiger partial charge >= 0.3 is 0 Å². The summed E-state index contributed by atoms with van der Waals surface area (Å²) in [6.45, 7) is 0.432. The van der Waals surface area contributed by atoms with E-state index in [4.69, 9.17) is 4.74 Å². The van der Waals surface area contributed by atoms with Crippen molar-refractivity contribution in [3.8, 4) is 5.75 Å². The molecule has 6 rings (SSSR count). The number of amides is 2. The van der Waals surface area contributed by atoms with E-state index in [-0.39, 0.29) is 25.0 Å². The second-order valence-corrected chi connectivity index (χ2v) is 8.47. The van der Waals surface area contributed by atoms with E-state index in [9.17, 15) is 9.59 Å². The second-order valence-electron chi connectivity index (χ2n) is 8.47. The van der Waals surface area contributed by atoms with Crippen molar-refractivity contribution in [2.24, 2.45) is 5.92 Å². The molecule has 3 aromatic rings. The lowest BCUT2D eigenvalue weighted by Gasteiger charge is -2.45. The normalized spacial score (nSPS) is 20.1. The van der Waals surface area contributed by atoms with Gasteiger partial charge in [0.05, 0.1) is 6.54 Å². The number of carbonyl (C=O) groups is 2. The van der Waals surface area contributed by atoms with Gasteiger partial charge in [0.15, 0.2) is 6.61 Å². The van der Waals surface area contributed by atoms with E-state index in [1.54, 1.807) is 12.1 Å². The maximum Gasteiger partial charge on any atom is 0.258 e. The van der Waals surface area contributed by atoms with E-state index < -0.39 is 0 Å². The molecule has 5 nitrogen and oxygen atoms in total. The summed E-state index contributed by atoms with van der Waals surface area (Å²) in [6, 6.07) is 26.5. The number of nitrogens with one attached hydrogen (secondary N) is 2. The van der Waals surface area contributed by atoms with Crippen molar-refractivity contribution in [3.63, 3.8) is 0 Å². The Bertz CT molecular complexity index is 1080. The van der Waals surface area contributed by atoms with Gasteiger partial charge in [0.1, 0.15) is 5.75 Å². The monoisotopic (exact) mass is 426 g/mol. The molecule has 0 radical (unpaired) electrons. The molecule has 0 aliphatic heterocycles. The number of hydrogen-bond donors (Lipinski definition) is 2. The summed E-state index contributed by atoms with van der Waals surface area (Å²) in [5.74, 6) is 1.14. The molecule has 0 unspecified atom stereocenters. The molecule has 3 aliphatic rings. The zero-order valence-electron chi connectivity index (χ0n) is 17.8. The van der Waals surface area contributed by atoms with Gasteiger partial charge in [-0.25, -0.2) is 0 Å². The topological polar surface area (TPSA) is 67.4 Å². The van der Waals surface area contributed by atoms with E-state index in [0.717, 1.165) is 6.42 Å². The molecule has 3 aliphatic carbocycles. The molecular weight excluding hydrogens is 400 g/mol. The number of carbonyl (C=O) groups excluding carboxylic acids is 2. The van der Waals surface area contributed by atoms with Gasteiger partial charge in [-0.1, -0.05) is 66.7 Å². The van der Waals surface area contributed by atoms with E-state index >= 15 is 0 Å². The van der Waals surface area contributed by atoms with Crippen LogP contribution in [-0.2, 0) is 9.59 Å². The van der Waals surface area contributed by atoms with Crippen molar-refractivity contribution >= 4 is 11.8 Å². The third-order valence-electron chi connectivity index (χ3n) is 6.54. The first kappa shape index (κ1) is 20.3. The van der Waals surface area contributed by atoms with E-state index in [2.05, 4.69) is 59.2 Å². The average Bonchev–Trinajstić information content (AvgIpc) is 2.85. The number of hydrogen-bond acceptors (Lipinski definition) is 3. The number of para-hydroxylation sites is 1. The van der Waals surface area contributed by atoms with Crippen molar-refractivity contribution in [2.45, 2.75) is 18.3 Å². The lowest BCUT2D eigenvalue weighted by Crippen LogP contribution is -2.43. The Morgan fingerprint density at radius 1 is 0.750 bits per heavy atom. The summed E-state index contributed by atoms with van der Waals surface area (Å²) in [5.41, 5.74) is 5.61. The first-order valence-corrected chi connectivity index (χ1v) is 11.1. The molecule has 5 heteroatoms. The van der Waals surface area contributed by atoms with Gasteiger partial charge in [-0.15, -0.1) is 0 Å². The maximum absolute atomic E-state index is 12.4. The van der Waals surface area contributed by atoms with Crippen molar-refractivity contribution in [1.29, 1.82) is 0 Å². The largest absolute Gasteiger partial charge is 0.484 e. The van der Waals surface area contributed by atoms with Crippen LogP contribution in [0.2, 0.25) is 0 Å². The molecule has 162 valence electrons. The smallest absolute Gasteiger partial charge is 0.258 e. The summed E-state index contributed by atoms with van der Waals surface area (Å²) >= 11 is 0. The van der Waals surface area contributed by atoms with E-state index in [0.29, 0.717) is 30.0 Å². The molecule has 2 N–H and O–H groups in total. The van der Waals surface area contributed by atoms with Crippen LogP contribution in [-0.4, -0.2) is 31.5 Å². The van der Waals surface area contributed by atoms with Crippen LogP contribution in [0.1, 0.15) is 40.5 Å². The summed E-state index contributed by atoms with van der Waals surface area (Å²) in [6.07, 6.45) is 1.02. The van der Waals surface area contributed by atoms with Crippen LogP contribution >= 0.6 is 0 Å². The second kappa shape index (κ2) is 8.87. The van der Waals surface area contributed by atoms with Crippen molar-refractivity contribution < 1.29 is 14.3 Å². The Kier molecular flexibility index (Phi) is 5.63. The molecule has 0 saturated carbocycles. The predicted molar refractivity (Wildman–Crippen MR) is 123 cm³/mol. The summed E-state index contributed by atoms with van der Waals surface area (Å²) in [5, 5.41) is 5.66. The Labute approximate surface area is 187 Å². The van der Waals surface area contributed by atoms with Gasteiger partial charge in [-0.2, -0.15) is 0 Å². The molecule has 0 fully saturated rings. The van der Waals surface area contributed by atoms with E-state index in [1.165, 1.54) is 22.3 Å². The fraction of sp³-hybridized carbons (Fsp3) is 0.259. The zero-order valence-corrected chi connectivity index (χ0v) is 17.8. The molecule has 0 heterocycles. The highest BCUT2D eigenvalue weighted by molar-refractivity contribution is 5.85. The Morgan fingerprint density at radius 3 is 2.00 bits per heavy atom. The fourth-order valence-electron chi connectivity index (χ4n) is 5.16. The number of rotatable bonds is 7. The number of fused-ring (bicyclic) bond motifs is 1. The van der Waals surface area contributed by atoms with Crippen LogP contribution < -0.4 is 15.4 Å². The molecular formula is C27H26N2O3. The molecule has 3 aromatic carbocycles. The first-order valence-electron chi connectivity index (χ1n) is 11.1. The molecule has 0 aromatic heterocycles. The molecule has 2 amide bonds. The van der Waals surface area contributed by atoms with Gasteiger partial charge in [0.25, 0.3) is 5.91 Å². The lowest BCUT2D eigenvalue weighted by molar-refractivity contribution is -0.127. The highest BCUT2D eigenvalue weighted by Crippen LogP contribution is 2.55. The lowest BCUT2D eigenvalue weighted by atomic mass is 9.59. The van der Waals surface area contributed by atoms with Gasteiger partial charge in [0.2, 0.25) is 5.91 Å². The zero-order chi connectivity index (χ0) is 21.9. The third-order valence-corrected chi connectivity index (χ3v) is 6.54. The molecule has 32 heavy (non-hydrogen) atoms. The first-order chi connectivity index (χ1) is 15.7. The fourth-order valence-corrected chi connectivity index (χ4v) is 5.16. The van der Waals surface area contributed by atoms with Crippen LogP contribution in [0.15, 0.2) is 78.9 Å². The summed E-state index contributed by atoms with van der Waals surface area (Å²) < 4.78 is 5.41. The molecule has 2 bridgehead atoms. The third kappa shape index (κ3) is 3.98. The van der Waals surface area contributed by atoms with Gasteiger partial charge in [-0.05, 0) is 46.7 Å². The minimum Gasteiger partial charge on any atom is -0.484 e. The van der Waals surface area contributed by atoms with Gasteiger partial charge < -0.3 is 15.4 Å². The number of ether oxygens (including phenoxy) is 1. The molecule has 1 atom stereocenters. The minimum absolute atomic E-state index is 0.0506. The Balaban J connectivity index is 1.16. The van der Waals surface area contributed by atoms with Crippen molar-refractivity contribution in [2.75, 3.05) is 19.7 Å². The Morgan fingerprint density at radius 2 is 1.34 bits per heavy atom. The highest BCUT2D eigenvalue weighted by atomic mass is 16.5. The maximum atomic E-state index is 12.4. The van der Waals surface area contributed by atoms with Gasteiger partial charge in [0, 0.05) is 18.4 Å². The van der Waals surface area contributed by atoms with Crippen LogP contribution in [0, 0.1) is 5.92 Å². The SMILES string of the molecule is O=C(CNC(=O)COc1ccccc1)NC[C@@H]1CC2c3ccccc3C1c1ccccc12. The Hall–Kier alpha value is -3.60. The van der Waals surface area contributed by atoms with Crippen molar-refractivity contribution in [1.82, 2.24) is 10.6 Å². The summed E-state index contributed by atoms with van der Waals surface area (Å²) in [4.78, 5) is 24.4. The predicted octanol–water partition coefficient (Wildman–Crippen LogP) is 3.60. The number of benzene rings is 3. The average molecular weight is 427 g/mol. The van der Waals surface area contributed by atoms with Crippen LogP contribution in [0.4, 0.5) is 0 Å². The molecule has 0 saturated heterocycles. The quantitative estimate of drug-likeness (QED) is 0.607. The van der Waals surface area contributed by atoms with Crippen LogP contribution in [0.3, 0.4) is 0 Å². The van der Waals surface area contributed by atoms with Crippen molar-refractivity contribution in [3.05, 3.63) is 101 Å². The van der Waals surface area contributed by atoms with Crippen LogP contribution in [0.5, 0.6) is 5.75 Å². The van der Waals surface area contributed by atoms with Gasteiger partial charge in [-0.3, -0.25) is 9.59 Å². The highest BCUT2D eigenvalue weighted by Gasteiger charge is 2.42. The minimum atomic E-state index is -0.316. The molecule has 0 spiro atoms. The van der Waals surface area contributed by atoms with Crippen LogP contribution in [0.25, 0.3) is 0 Å². The standard InChI is InChI=1S/C27H26N2O3/c30-25(16-29-26(31)17-32-19-8-2-1-3-9-19)28-15-18-14-24-20-10-4-6-12-22(20)27(18)23-13-7-5-11-21(23)24/h1-13,18,24,27H,14-17H2,(H,28,30)(H,29,31)/t18-,24?,27?/m0/s1.